The van der Waals surface area contributed by atoms with Gasteiger partial charge in [-0.25, -0.2) is 0 Å². The Morgan fingerprint density at radius 3 is 0.875 bits per heavy atom. The third-order valence-electron chi connectivity index (χ3n) is 0. The fourth-order valence-electron chi connectivity index (χ4n) is 0. The summed E-state index contributed by atoms with van der Waals surface area (Å²) in [6, 6.07) is 0. The Kier molecular flexibility index (Phi) is 28.0. The maximum absolute atomic E-state index is 7.38. The minimum atomic E-state index is -5.00. The Balaban J connectivity index is -0.0000000267. The van der Waals surface area contributed by atoms with Gasteiger partial charge in [-0.05, 0) is 0 Å². The molecule has 3 radical (unpaired) electrons. The van der Waals surface area contributed by atoms with Gasteiger partial charge in [-0.1, -0.05) is 0 Å². The topological polar surface area (TPSA) is 80.9 Å². The summed E-state index contributed by atoms with van der Waals surface area (Å²) in [5, 5.41) is 0. The average Bonchev–Trinajstić information content (AvgIpc) is 0.722. The van der Waals surface area contributed by atoms with Crippen molar-refractivity contribution in [1.82, 2.24) is 0 Å². The molecule has 0 saturated carbocycles. The minimum absolute atomic E-state index is 0. The van der Waals surface area contributed by atoms with Gasteiger partial charge in [0.25, 0.3) is 0 Å². The van der Waals surface area contributed by atoms with Crippen LogP contribution < -0.4 is 0 Å². The van der Waals surface area contributed by atoms with E-state index in [1.54, 1.807) is 0 Å². The number of rotatable bonds is 0. The van der Waals surface area contributed by atoms with E-state index in [1.807, 2.05) is 0 Å². The number of hydrogen-bond acceptors (Lipinski definition) is 4. The summed E-state index contributed by atoms with van der Waals surface area (Å²) in [4.78, 5) is 0. The number of hydrogen-bond donors (Lipinski definition) is 4. The standard InChI is InChI=1S/Mg.Nb.4H2O.Pb.Ti.4H/h;;4*1H2;;;;;;/q;;;;;;;+4;;;;/p-4. The zero-order chi connectivity index (χ0) is 4.50. The van der Waals surface area contributed by atoms with Gasteiger partial charge in [-0.2, -0.15) is 0 Å². The van der Waals surface area contributed by atoms with Crippen molar-refractivity contribution >= 4 is 50.4 Å². The van der Waals surface area contributed by atoms with E-state index in [0.29, 0.717) is 0 Å². The molecule has 0 aliphatic carbocycles. The van der Waals surface area contributed by atoms with Crippen LogP contribution in [-0.2, 0) is 40.5 Å². The molecule has 0 amide bonds. The second-order valence-corrected chi connectivity index (χ2v) is 2.47. The molecule has 0 spiro atoms. The fourth-order valence-corrected chi connectivity index (χ4v) is 0. The SMILES string of the molecule is [MgH2].[Nb].[OH][Ti]([OH])([OH])[OH].[PbH2]. The van der Waals surface area contributed by atoms with Gasteiger partial charge in [-0.3, -0.25) is 0 Å². The van der Waals surface area contributed by atoms with E-state index in [9.17, 15) is 0 Å². The van der Waals surface area contributed by atoms with E-state index in [2.05, 4.69) is 0 Å². The van der Waals surface area contributed by atoms with Crippen LogP contribution in [0.15, 0.2) is 0 Å². The molecule has 47 valence electrons. The molecule has 0 unspecified atom stereocenters. The van der Waals surface area contributed by atoms with Crippen LogP contribution in [0.25, 0.3) is 0 Å². The molecule has 0 aliphatic rings. The molecule has 0 saturated heterocycles. The maximum atomic E-state index is 7.38. The summed E-state index contributed by atoms with van der Waals surface area (Å²) in [5.41, 5.74) is 0. The molecule has 0 aliphatic heterocycles. The third-order valence-corrected chi connectivity index (χ3v) is 0. The van der Waals surface area contributed by atoms with E-state index in [1.165, 1.54) is 0 Å². The van der Waals surface area contributed by atoms with Crippen LogP contribution in [0.3, 0.4) is 0 Å². The summed E-state index contributed by atoms with van der Waals surface area (Å²) in [7, 11) is 0. The van der Waals surface area contributed by atoms with Crippen molar-refractivity contribution in [3.05, 3.63) is 0 Å². The van der Waals surface area contributed by atoms with E-state index in [0.717, 1.165) is 0 Å². The Hall–Kier alpha value is 2.98. The zero-order valence-corrected chi connectivity index (χ0v) is 12.7. The monoisotopic (exact) mass is 445 g/mol. The summed E-state index contributed by atoms with van der Waals surface area (Å²) in [5.74, 6) is 0. The van der Waals surface area contributed by atoms with Gasteiger partial charge in [0.1, 0.15) is 0 Å². The van der Waals surface area contributed by atoms with Gasteiger partial charge in [0.2, 0.25) is 0 Å². The van der Waals surface area contributed by atoms with Crippen molar-refractivity contribution in [2.75, 3.05) is 0 Å². The van der Waals surface area contributed by atoms with E-state index < -0.39 is 18.1 Å². The van der Waals surface area contributed by atoms with E-state index in [4.69, 9.17) is 14.8 Å². The van der Waals surface area contributed by atoms with Crippen molar-refractivity contribution < 1.29 is 55.3 Å². The Labute approximate surface area is 104 Å². The molecule has 8 heavy (non-hydrogen) atoms. The van der Waals surface area contributed by atoms with Gasteiger partial charge >= 0.3 is 83.2 Å². The van der Waals surface area contributed by atoms with Crippen molar-refractivity contribution in [3.63, 3.8) is 0 Å². The summed E-state index contributed by atoms with van der Waals surface area (Å²) in [6.07, 6.45) is 0. The third kappa shape index (κ3) is 64.3. The fraction of sp³-hybridized carbons (Fsp3) is 0. The first kappa shape index (κ1) is 22.4. The van der Waals surface area contributed by atoms with Gasteiger partial charge in [0.05, 0.1) is 0 Å². The Morgan fingerprint density at radius 2 is 0.875 bits per heavy atom. The van der Waals surface area contributed by atoms with Crippen LogP contribution in [-0.4, -0.2) is 65.1 Å². The second kappa shape index (κ2) is 9.98. The van der Waals surface area contributed by atoms with Crippen LogP contribution in [0.4, 0.5) is 0 Å². The van der Waals surface area contributed by atoms with Crippen molar-refractivity contribution in [2.24, 2.45) is 0 Å². The van der Waals surface area contributed by atoms with Gasteiger partial charge < -0.3 is 0 Å². The molecule has 0 rings (SSSR count). The van der Waals surface area contributed by atoms with Crippen molar-refractivity contribution in [2.45, 2.75) is 0 Å². The molecule has 0 atom stereocenters. The molecule has 0 aromatic rings. The van der Waals surface area contributed by atoms with Crippen LogP contribution in [0.2, 0.25) is 0 Å². The Morgan fingerprint density at radius 1 is 0.875 bits per heavy atom. The molecular formula is H8MgNbO4PbTi. The molecule has 0 heterocycles. The van der Waals surface area contributed by atoms with Crippen LogP contribution in [0, 0.1) is 0 Å². The first-order chi connectivity index (χ1) is 2.00. The van der Waals surface area contributed by atoms with E-state index >= 15 is 0 Å². The van der Waals surface area contributed by atoms with Crippen LogP contribution in [0.1, 0.15) is 0 Å². The van der Waals surface area contributed by atoms with E-state index in [-0.39, 0.29) is 72.7 Å². The van der Waals surface area contributed by atoms with Crippen molar-refractivity contribution in [1.29, 1.82) is 0 Å². The zero-order valence-electron chi connectivity index (χ0n) is 3.44. The average molecular weight is 444 g/mol. The van der Waals surface area contributed by atoms with Crippen LogP contribution in [0.5, 0.6) is 0 Å². The second-order valence-electron chi connectivity index (χ2n) is 0.600. The quantitative estimate of drug-likeness (QED) is 0.287. The normalized spacial score (nSPS) is 7.50. The molecule has 0 aromatic carbocycles. The first-order valence-corrected chi connectivity index (χ1v) is 3.69. The molecule has 4 N–H and O–H groups in total. The molecule has 4 nitrogen and oxygen atoms in total. The predicted molar refractivity (Wildman–Crippen MR) is 26.0 cm³/mol. The molecule has 0 fully saturated rings. The Bertz CT molecular complexity index is 31.5. The summed E-state index contributed by atoms with van der Waals surface area (Å²) < 4.78 is 29.5. The van der Waals surface area contributed by atoms with Gasteiger partial charge in [0, 0.05) is 22.4 Å². The summed E-state index contributed by atoms with van der Waals surface area (Å²) >= 11 is -5.00. The molecule has 0 bridgehead atoms. The molecule has 8 heteroatoms. The van der Waals surface area contributed by atoms with Gasteiger partial charge in [-0.15, -0.1) is 0 Å². The van der Waals surface area contributed by atoms with Gasteiger partial charge in [0.15, 0.2) is 0 Å². The molecule has 0 aromatic heterocycles. The predicted octanol–water partition coefficient (Wildman–Crippen LogP) is -4.07. The molecular weight excluding hydrogens is 436 g/mol. The van der Waals surface area contributed by atoms with Crippen LogP contribution >= 0.6 is 0 Å². The van der Waals surface area contributed by atoms with Crippen molar-refractivity contribution in [3.8, 4) is 0 Å². The first-order valence-electron chi connectivity index (χ1n) is 0.894. The summed E-state index contributed by atoms with van der Waals surface area (Å²) in [6.45, 7) is 0.